The molecule has 0 amide bonds. The number of carbonyl (C=O) groups excluding carboxylic acids is 1. The van der Waals surface area contributed by atoms with Crippen LogP contribution in [0.15, 0.2) is 66.2 Å². The number of allylic oxidation sites excluding steroid dienone is 1. The Morgan fingerprint density at radius 1 is 1.00 bits per heavy atom. The SMILES string of the molecule is O=C1O[C@H]2C[C@@H]3c4ccccc4[C@@H]4[C@@H](c5ccccc5)CC=C2[C@@H]4[C@]13Br. The molecule has 2 heterocycles. The second-order valence-electron chi connectivity index (χ2n) is 8.04. The first-order valence-electron chi connectivity index (χ1n) is 9.43. The first-order chi connectivity index (χ1) is 12.7. The van der Waals surface area contributed by atoms with Gasteiger partial charge in [-0.05, 0) is 46.9 Å². The number of halogens is 1. The molecule has 6 atom stereocenters. The van der Waals surface area contributed by atoms with E-state index in [1.165, 1.54) is 22.3 Å². The number of hydrogen-bond acceptors (Lipinski definition) is 2. The lowest BCUT2D eigenvalue weighted by Gasteiger charge is -2.61. The molecule has 3 heteroatoms. The number of hydrogen-bond donors (Lipinski definition) is 0. The summed E-state index contributed by atoms with van der Waals surface area (Å²) in [6.45, 7) is 0. The summed E-state index contributed by atoms with van der Waals surface area (Å²) >= 11 is 3.95. The minimum atomic E-state index is -0.611. The van der Waals surface area contributed by atoms with Crippen molar-refractivity contribution in [2.75, 3.05) is 0 Å². The van der Waals surface area contributed by atoms with E-state index in [0.717, 1.165) is 12.8 Å². The molecule has 4 bridgehead atoms. The van der Waals surface area contributed by atoms with Gasteiger partial charge >= 0.3 is 5.97 Å². The van der Waals surface area contributed by atoms with Crippen molar-refractivity contribution in [1.82, 2.24) is 0 Å². The van der Waals surface area contributed by atoms with E-state index < -0.39 is 4.32 Å². The van der Waals surface area contributed by atoms with E-state index in [1.807, 2.05) is 0 Å². The number of benzene rings is 2. The van der Waals surface area contributed by atoms with Gasteiger partial charge in [0, 0.05) is 11.8 Å². The quantitative estimate of drug-likeness (QED) is 0.375. The molecule has 2 saturated heterocycles. The van der Waals surface area contributed by atoms with Gasteiger partial charge in [0.1, 0.15) is 10.4 Å². The van der Waals surface area contributed by atoms with E-state index in [0.29, 0.717) is 11.8 Å². The van der Waals surface area contributed by atoms with E-state index in [9.17, 15) is 4.79 Å². The Balaban J connectivity index is 1.64. The molecule has 1 saturated carbocycles. The third-order valence-corrected chi connectivity index (χ3v) is 8.43. The van der Waals surface area contributed by atoms with Crippen LogP contribution < -0.4 is 0 Å². The van der Waals surface area contributed by atoms with Crippen LogP contribution in [0.3, 0.4) is 0 Å². The number of alkyl halides is 1. The summed E-state index contributed by atoms with van der Waals surface area (Å²) in [6.07, 6.45) is 4.25. The lowest BCUT2D eigenvalue weighted by atomic mass is 9.49. The maximum Gasteiger partial charge on any atom is 0.324 e. The largest absolute Gasteiger partial charge is 0.457 e. The predicted molar refractivity (Wildman–Crippen MR) is 103 cm³/mol. The van der Waals surface area contributed by atoms with Gasteiger partial charge in [0.15, 0.2) is 0 Å². The normalized spacial score (nSPS) is 39.0. The Morgan fingerprint density at radius 2 is 1.73 bits per heavy atom. The Hall–Kier alpha value is -1.87. The van der Waals surface area contributed by atoms with E-state index in [2.05, 4.69) is 76.6 Å². The maximum atomic E-state index is 13.0. The predicted octanol–water partition coefficient (Wildman–Crippen LogP) is 5.06. The molecule has 0 N–H and O–H groups in total. The van der Waals surface area contributed by atoms with Gasteiger partial charge in [0.05, 0.1) is 0 Å². The van der Waals surface area contributed by atoms with Crippen molar-refractivity contribution in [2.24, 2.45) is 5.92 Å². The monoisotopic (exact) mass is 406 g/mol. The van der Waals surface area contributed by atoms with Crippen LogP contribution in [-0.4, -0.2) is 16.4 Å². The molecule has 0 spiro atoms. The first-order valence-corrected chi connectivity index (χ1v) is 10.2. The van der Waals surface area contributed by atoms with Crippen LogP contribution in [0.2, 0.25) is 0 Å². The number of ether oxygens (including phenoxy) is 1. The van der Waals surface area contributed by atoms with Crippen LogP contribution in [0.4, 0.5) is 0 Å². The molecule has 7 rings (SSSR count). The van der Waals surface area contributed by atoms with Crippen molar-refractivity contribution in [3.8, 4) is 0 Å². The summed E-state index contributed by atoms with van der Waals surface area (Å²) in [5, 5.41) is 0. The fraction of sp³-hybridized carbons (Fsp3) is 0.348. The van der Waals surface area contributed by atoms with Crippen molar-refractivity contribution in [3.05, 3.63) is 82.9 Å². The number of esters is 1. The van der Waals surface area contributed by atoms with Gasteiger partial charge in [0.25, 0.3) is 0 Å². The second kappa shape index (κ2) is 5.10. The van der Waals surface area contributed by atoms with E-state index in [4.69, 9.17) is 4.74 Å². The molecular weight excluding hydrogens is 388 g/mol. The van der Waals surface area contributed by atoms with Gasteiger partial charge in [-0.25, -0.2) is 0 Å². The Kier molecular flexibility index (Phi) is 2.98. The standard InChI is InChI=1S/C23H19BrO2/c24-23-18-12-19(26-22(23)25)17-11-10-14(13-6-2-1-3-7-13)20(21(17)23)16-9-5-4-8-15(16)18/h1-9,11,14,18-21H,10,12H2/t14-,18-,19+,20+,21+,23+/m1/s1. The topological polar surface area (TPSA) is 26.3 Å². The van der Waals surface area contributed by atoms with Gasteiger partial charge < -0.3 is 4.74 Å². The van der Waals surface area contributed by atoms with Crippen LogP contribution in [-0.2, 0) is 9.53 Å². The highest BCUT2D eigenvalue weighted by Crippen LogP contribution is 2.68. The van der Waals surface area contributed by atoms with Crippen molar-refractivity contribution in [2.45, 2.75) is 41.0 Å². The maximum absolute atomic E-state index is 13.0. The molecule has 26 heavy (non-hydrogen) atoms. The first kappa shape index (κ1) is 15.2. The molecule has 2 nitrogen and oxygen atoms in total. The molecule has 2 aromatic rings. The van der Waals surface area contributed by atoms with Crippen molar-refractivity contribution < 1.29 is 9.53 Å². The summed E-state index contributed by atoms with van der Waals surface area (Å²) in [7, 11) is 0. The molecule has 0 unspecified atom stereocenters. The summed E-state index contributed by atoms with van der Waals surface area (Å²) < 4.78 is 5.20. The number of fused-ring (bicyclic) bond motifs is 3. The minimum Gasteiger partial charge on any atom is -0.457 e. The third-order valence-electron chi connectivity index (χ3n) is 7.06. The molecule has 3 aliphatic carbocycles. The lowest BCUT2D eigenvalue weighted by Crippen LogP contribution is -2.64. The molecule has 2 aliphatic heterocycles. The van der Waals surface area contributed by atoms with Crippen LogP contribution in [0, 0.1) is 5.92 Å². The molecule has 0 radical (unpaired) electrons. The van der Waals surface area contributed by atoms with Crippen LogP contribution >= 0.6 is 15.9 Å². The molecular formula is C23H19BrO2. The Morgan fingerprint density at radius 3 is 2.54 bits per heavy atom. The van der Waals surface area contributed by atoms with Gasteiger partial charge in [-0.15, -0.1) is 0 Å². The van der Waals surface area contributed by atoms with Crippen LogP contribution in [0.5, 0.6) is 0 Å². The van der Waals surface area contributed by atoms with Crippen molar-refractivity contribution in [3.63, 3.8) is 0 Å². The molecule has 5 aliphatic rings. The highest BCUT2D eigenvalue weighted by Gasteiger charge is 2.68. The summed E-state index contributed by atoms with van der Waals surface area (Å²) in [4.78, 5) is 13.0. The zero-order valence-electron chi connectivity index (χ0n) is 14.3. The van der Waals surface area contributed by atoms with Gasteiger partial charge in [-0.3, -0.25) is 4.79 Å². The molecule has 0 aromatic heterocycles. The zero-order chi connectivity index (χ0) is 17.5. The molecule has 130 valence electrons. The van der Waals surface area contributed by atoms with Gasteiger partial charge in [0.2, 0.25) is 0 Å². The second-order valence-corrected chi connectivity index (χ2v) is 9.35. The summed E-state index contributed by atoms with van der Waals surface area (Å²) in [5.74, 6) is 1.06. The van der Waals surface area contributed by atoms with Crippen molar-refractivity contribution >= 4 is 21.9 Å². The van der Waals surface area contributed by atoms with E-state index >= 15 is 0 Å². The van der Waals surface area contributed by atoms with E-state index in [-0.39, 0.29) is 23.9 Å². The van der Waals surface area contributed by atoms with Crippen LogP contribution in [0.1, 0.15) is 47.3 Å². The highest BCUT2D eigenvalue weighted by atomic mass is 79.9. The van der Waals surface area contributed by atoms with Gasteiger partial charge in [-0.2, -0.15) is 0 Å². The minimum absolute atomic E-state index is 0.0375. The fourth-order valence-corrected chi connectivity index (χ4v) is 7.16. The lowest BCUT2D eigenvalue weighted by molar-refractivity contribution is -0.166. The smallest absolute Gasteiger partial charge is 0.324 e. The van der Waals surface area contributed by atoms with Crippen LogP contribution in [0.25, 0.3) is 0 Å². The Bertz CT molecular complexity index is 950. The van der Waals surface area contributed by atoms with E-state index in [1.54, 1.807) is 0 Å². The molecule has 3 fully saturated rings. The molecule has 2 aromatic carbocycles. The summed E-state index contributed by atoms with van der Waals surface area (Å²) in [5.41, 5.74) is 5.50. The van der Waals surface area contributed by atoms with Crippen molar-refractivity contribution in [1.29, 1.82) is 0 Å². The zero-order valence-corrected chi connectivity index (χ0v) is 15.9. The fourth-order valence-electron chi connectivity index (χ4n) is 6.08. The third kappa shape index (κ3) is 1.70. The summed E-state index contributed by atoms with van der Waals surface area (Å²) in [6, 6.07) is 19.6. The van der Waals surface area contributed by atoms with Gasteiger partial charge in [-0.1, -0.05) is 76.6 Å². The average Bonchev–Trinajstić information content (AvgIpc) is 2.68. The number of rotatable bonds is 1. The average molecular weight is 407 g/mol. The highest BCUT2D eigenvalue weighted by molar-refractivity contribution is 9.10. The number of carbonyl (C=O) groups is 1. The Labute approximate surface area is 161 Å².